The minimum atomic E-state index is -0.902. The predicted molar refractivity (Wildman–Crippen MR) is 95.0 cm³/mol. The van der Waals surface area contributed by atoms with E-state index in [2.05, 4.69) is 0 Å². The molecule has 2 N–H and O–H groups in total. The van der Waals surface area contributed by atoms with Crippen LogP contribution >= 0.6 is 0 Å². The van der Waals surface area contributed by atoms with Gasteiger partial charge in [0.2, 0.25) is 5.91 Å². The number of aryl methyl sites for hydroxylation is 1. The lowest BCUT2D eigenvalue weighted by Crippen LogP contribution is -2.42. The van der Waals surface area contributed by atoms with Crippen molar-refractivity contribution in [2.45, 2.75) is 12.8 Å². The van der Waals surface area contributed by atoms with Crippen LogP contribution in [0.2, 0.25) is 0 Å². The Bertz CT molecular complexity index is 680. The standard InChI is InChI=1S/C19H26N2O5/c1-26-16-4-2-3-14(9-16)5-6-17(23)21-11-15-10-20(7-8-22)12-19(15,13-21)18(24)25/h2-4,9,15,22H,5-8,10-13H2,1H3,(H,24,25)/t15-,19-/m1/s1. The number of nitrogens with zero attached hydrogens (tertiary/aromatic N) is 2. The number of carboxylic acid groups (broad SMARTS) is 1. The van der Waals surface area contributed by atoms with Crippen molar-refractivity contribution < 1.29 is 24.5 Å². The quantitative estimate of drug-likeness (QED) is 0.733. The first-order valence-corrected chi connectivity index (χ1v) is 8.96. The van der Waals surface area contributed by atoms with Crippen molar-refractivity contribution in [2.75, 3.05) is 46.4 Å². The first-order valence-electron chi connectivity index (χ1n) is 8.96. The van der Waals surface area contributed by atoms with Gasteiger partial charge in [0.25, 0.3) is 0 Å². The number of fused-ring (bicyclic) bond motifs is 1. The smallest absolute Gasteiger partial charge is 0.313 e. The molecule has 1 aromatic carbocycles. The average molecular weight is 362 g/mol. The molecule has 0 spiro atoms. The van der Waals surface area contributed by atoms with E-state index in [4.69, 9.17) is 9.84 Å². The molecule has 142 valence electrons. The fraction of sp³-hybridized carbons (Fsp3) is 0.579. The lowest BCUT2D eigenvalue weighted by atomic mass is 9.81. The molecule has 2 fully saturated rings. The summed E-state index contributed by atoms with van der Waals surface area (Å²) in [6.07, 6.45) is 0.962. The predicted octanol–water partition coefficient (Wildman–Crippen LogP) is 0.465. The number of methoxy groups -OCH3 is 1. The van der Waals surface area contributed by atoms with Crippen LogP contribution in [0.4, 0.5) is 0 Å². The lowest BCUT2D eigenvalue weighted by molar-refractivity contribution is -0.149. The van der Waals surface area contributed by atoms with Gasteiger partial charge < -0.3 is 19.8 Å². The second kappa shape index (κ2) is 7.63. The first-order chi connectivity index (χ1) is 12.5. The summed E-state index contributed by atoms with van der Waals surface area (Å²) in [7, 11) is 1.61. The van der Waals surface area contributed by atoms with Crippen LogP contribution in [0.1, 0.15) is 12.0 Å². The van der Waals surface area contributed by atoms with Gasteiger partial charge in [0.05, 0.1) is 13.7 Å². The maximum Gasteiger partial charge on any atom is 0.313 e. The van der Waals surface area contributed by atoms with Crippen LogP contribution in [0.3, 0.4) is 0 Å². The number of carbonyl (C=O) groups is 2. The van der Waals surface area contributed by atoms with Gasteiger partial charge in [-0.05, 0) is 24.1 Å². The molecule has 2 heterocycles. The molecule has 0 radical (unpaired) electrons. The van der Waals surface area contributed by atoms with Gasteiger partial charge in [0, 0.05) is 45.1 Å². The molecule has 26 heavy (non-hydrogen) atoms. The van der Waals surface area contributed by atoms with Crippen LogP contribution in [0.15, 0.2) is 24.3 Å². The number of carbonyl (C=O) groups excluding carboxylic acids is 1. The van der Waals surface area contributed by atoms with Crippen molar-refractivity contribution in [1.82, 2.24) is 9.80 Å². The number of aliphatic hydroxyl groups is 1. The Balaban J connectivity index is 1.61. The molecule has 1 amide bonds. The van der Waals surface area contributed by atoms with Crippen LogP contribution < -0.4 is 4.74 Å². The summed E-state index contributed by atoms with van der Waals surface area (Å²) in [6.45, 7) is 2.25. The first kappa shape index (κ1) is 18.7. The topological polar surface area (TPSA) is 90.3 Å². The molecule has 2 aliphatic heterocycles. The summed E-state index contributed by atoms with van der Waals surface area (Å²) in [5.74, 6) is -0.158. The Morgan fingerprint density at radius 1 is 1.31 bits per heavy atom. The van der Waals surface area contributed by atoms with Crippen molar-refractivity contribution >= 4 is 11.9 Å². The SMILES string of the molecule is COc1cccc(CCC(=O)N2C[C@H]3CN(CCO)C[C@@]3(C(=O)O)C2)c1. The summed E-state index contributed by atoms with van der Waals surface area (Å²) >= 11 is 0. The molecule has 0 unspecified atom stereocenters. The van der Waals surface area contributed by atoms with Gasteiger partial charge in [0.15, 0.2) is 0 Å². The highest BCUT2D eigenvalue weighted by Gasteiger charge is 2.58. The van der Waals surface area contributed by atoms with E-state index in [0.29, 0.717) is 39.0 Å². The summed E-state index contributed by atoms with van der Waals surface area (Å²) in [4.78, 5) is 28.2. The monoisotopic (exact) mass is 362 g/mol. The summed E-state index contributed by atoms with van der Waals surface area (Å²) < 4.78 is 5.20. The molecule has 2 aliphatic rings. The largest absolute Gasteiger partial charge is 0.497 e. The van der Waals surface area contributed by atoms with Crippen LogP contribution in [0.5, 0.6) is 5.75 Å². The number of hydrogen-bond acceptors (Lipinski definition) is 5. The summed E-state index contributed by atoms with van der Waals surface area (Å²) in [5.41, 5.74) is 0.125. The van der Waals surface area contributed by atoms with Crippen molar-refractivity contribution in [3.05, 3.63) is 29.8 Å². The number of benzene rings is 1. The highest BCUT2D eigenvalue weighted by Crippen LogP contribution is 2.42. The molecule has 2 atom stereocenters. The number of likely N-dealkylation sites (tertiary alicyclic amines) is 2. The van der Waals surface area contributed by atoms with E-state index >= 15 is 0 Å². The molecule has 0 aliphatic carbocycles. The van der Waals surface area contributed by atoms with E-state index in [0.717, 1.165) is 11.3 Å². The number of hydrogen-bond donors (Lipinski definition) is 2. The molecular weight excluding hydrogens is 336 g/mol. The molecule has 0 aromatic heterocycles. The van der Waals surface area contributed by atoms with E-state index in [9.17, 15) is 14.7 Å². The molecule has 7 nitrogen and oxygen atoms in total. The van der Waals surface area contributed by atoms with Crippen LogP contribution in [-0.2, 0) is 16.0 Å². The van der Waals surface area contributed by atoms with Crippen LogP contribution in [-0.4, -0.2) is 78.3 Å². The zero-order valence-corrected chi connectivity index (χ0v) is 15.1. The van der Waals surface area contributed by atoms with E-state index in [1.54, 1.807) is 12.0 Å². The van der Waals surface area contributed by atoms with Gasteiger partial charge in [-0.25, -0.2) is 0 Å². The maximum absolute atomic E-state index is 12.6. The van der Waals surface area contributed by atoms with E-state index in [1.165, 1.54) is 0 Å². The van der Waals surface area contributed by atoms with Crippen molar-refractivity contribution in [1.29, 1.82) is 0 Å². The van der Waals surface area contributed by atoms with Gasteiger partial charge in [-0.3, -0.25) is 14.5 Å². The minimum absolute atomic E-state index is 0.00319. The Kier molecular flexibility index (Phi) is 5.48. The fourth-order valence-electron chi connectivity index (χ4n) is 4.21. The zero-order chi connectivity index (χ0) is 18.7. The molecule has 0 bridgehead atoms. The molecular formula is C19H26N2O5. The van der Waals surface area contributed by atoms with Crippen LogP contribution in [0, 0.1) is 11.3 Å². The average Bonchev–Trinajstić information content (AvgIpc) is 3.15. The molecule has 0 saturated carbocycles. The van der Waals surface area contributed by atoms with Gasteiger partial charge >= 0.3 is 5.97 Å². The highest BCUT2D eigenvalue weighted by atomic mass is 16.5. The van der Waals surface area contributed by atoms with Crippen molar-refractivity contribution in [3.63, 3.8) is 0 Å². The van der Waals surface area contributed by atoms with Gasteiger partial charge in [-0.1, -0.05) is 12.1 Å². The Morgan fingerprint density at radius 3 is 2.77 bits per heavy atom. The summed E-state index contributed by atoms with van der Waals surface area (Å²) in [5, 5.41) is 18.9. The Labute approximate surface area is 153 Å². The number of β-amino-alcohol motifs (C(OH)–C–C–N with tert-alkyl or cyclic N) is 1. The lowest BCUT2D eigenvalue weighted by Gasteiger charge is -2.25. The van der Waals surface area contributed by atoms with E-state index in [-0.39, 0.29) is 25.0 Å². The third-order valence-electron chi connectivity index (χ3n) is 5.64. The minimum Gasteiger partial charge on any atom is -0.497 e. The molecule has 7 heteroatoms. The zero-order valence-electron chi connectivity index (χ0n) is 15.1. The number of rotatable bonds is 7. The third kappa shape index (κ3) is 3.54. The number of aliphatic hydroxyl groups excluding tert-OH is 1. The molecule has 2 saturated heterocycles. The number of ether oxygens (including phenoxy) is 1. The van der Waals surface area contributed by atoms with Gasteiger partial charge in [-0.15, -0.1) is 0 Å². The van der Waals surface area contributed by atoms with Crippen molar-refractivity contribution in [2.24, 2.45) is 11.3 Å². The number of aliphatic carboxylic acids is 1. The number of amides is 1. The fourth-order valence-corrected chi connectivity index (χ4v) is 4.21. The Morgan fingerprint density at radius 2 is 2.12 bits per heavy atom. The normalized spacial score (nSPS) is 25.3. The molecule has 1 aromatic rings. The number of carboxylic acids is 1. The second-order valence-electron chi connectivity index (χ2n) is 7.24. The maximum atomic E-state index is 12.6. The van der Waals surface area contributed by atoms with Crippen molar-refractivity contribution in [3.8, 4) is 5.75 Å². The van der Waals surface area contributed by atoms with E-state index in [1.807, 2.05) is 29.2 Å². The molecule has 3 rings (SSSR count). The third-order valence-corrected chi connectivity index (χ3v) is 5.64. The van der Waals surface area contributed by atoms with E-state index < -0.39 is 11.4 Å². The summed E-state index contributed by atoms with van der Waals surface area (Å²) in [6, 6.07) is 7.63. The van der Waals surface area contributed by atoms with Crippen LogP contribution in [0.25, 0.3) is 0 Å². The highest BCUT2D eigenvalue weighted by molar-refractivity contribution is 5.82. The van der Waals surface area contributed by atoms with Gasteiger partial charge in [0.1, 0.15) is 11.2 Å². The van der Waals surface area contributed by atoms with Gasteiger partial charge in [-0.2, -0.15) is 0 Å². The Hall–Kier alpha value is -2.12. The second-order valence-corrected chi connectivity index (χ2v) is 7.24.